The van der Waals surface area contributed by atoms with Crippen molar-refractivity contribution >= 4 is 15.9 Å². The molecule has 3 rings (SSSR count). The van der Waals surface area contributed by atoms with Crippen molar-refractivity contribution in [1.82, 2.24) is 9.62 Å². The maximum Gasteiger partial charge on any atom is 0.243 e. The molecule has 1 saturated heterocycles. The second kappa shape index (κ2) is 11.6. The number of sulfonamides is 1. The molecule has 34 heavy (non-hydrogen) atoms. The van der Waals surface area contributed by atoms with Crippen LogP contribution in [0.25, 0.3) is 0 Å². The number of rotatable bonds is 11. The molecule has 1 N–H and O–H groups in total. The predicted octanol–water partition coefficient (Wildman–Crippen LogP) is 3.70. The quantitative estimate of drug-likeness (QED) is 0.516. The highest BCUT2D eigenvalue weighted by atomic mass is 32.2. The summed E-state index contributed by atoms with van der Waals surface area (Å²) in [5.41, 5.74) is 1.61. The van der Waals surface area contributed by atoms with E-state index < -0.39 is 10.0 Å². The summed E-state index contributed by atoms with van der Waals surface area (Å²) < 4.78 is 43.5. The zero-order valence-corrected chi connectivity index (χ0v) is 21.1. The van der Waals surface area contributed by atoms with Gasteiger partial charge in [0.15, 0.2) is 11.5 Å². The van der Waals surface area contributed by atoms with Crippen LogP contribution >= 0.6 is 0 Å². The molecule has 1 atom stereocenters. The number of amides is 1. The number of hydrogen-bond acceptors (Lipinski definition) is 6. The Bertz CT molecular complexity index is 1100. The molecule has 1 amide bonds. The second-order valence-corrected chi connectivity index (χ2v) is 10.2. The van der Waals surface area contributed by atoms with Gasteiger partial charge in [-0.25, -0.2) is 8.42 Å². The van der Waals surface area contributed by atoms with E-state index in [-0.39, 0.29) is 23.3 Å². The van der Waals surface area contributed by atoms with Crippen LogP contribution in [0.3, 0.4) is 0 Å². The van der Waals surface area contributed by atoms with Crippen molar-refractivity contribution < 1.29 is 27.4 Å². The van der Waals surface area contributed by atoms with Gasteiger partial charge in [0, 0.05) is 19.5 Å². The minimum atomic E-state index is -3.54. The molecule has 186 valence electrons. The highest BCUT2D eigenvalue weighted by Gasteiger charge is 2.28. The molecule has 2 aromatic carbocycles. The highest BCUT2D eigenvalue weighted by molar-refractivity contribution is 7.89. The Kier molecular flexibility index (Phi) is 8.79. The molecule has 0 radical (unpaired) electrons. The van der Waals surface area contributed by atoms with Crippen LogP contribution in [0.1, 0.15) is 49.8 Å². The molecular formula is C25H34N2O6S. The third-order valence-electron chi connectivity index (χ3n) is 6.13. The number of methoxy groups -OCH3 is 3. The Hall–Kier alpha value is -2.78. The number of nitrogens with zero attached hydrogens (tertiary/aromatic N) is 1. The predicted molar refractivity (Wildman–Crippen MR) is 130 cm³/mol. The summed E-state index contributed by atoms with van der Waals surface area (Å²) in [6.45, 7) is 3.08. The number of carbonyl (C=O) groups excluding carboxylic acids is 1. The van der Waals surface area contributed by atoms with Gasteiger partial charge in [0.25, 0.3) is 0 Å². The Morgan fingerprint density at radius 2 is 1.62 bits per heavy atom. The van der Waals surface area contributed by atoms with E-state index in [4.69, 9.17) is 14.2 Å². The molecule has 1 aliphatic heterocycles. The molecule has 0 unspecified atom stereocenters. The fourth-order valence-corrected chi connectivity index (χ4v) is 5.76. The van der Waals surface area contributed by atoms with Gasteiger partial charge in [-0.05, 0) is 67.1 Å². The van der Waals surface area contributed by atoms with Crippen molar-refractivity contribution in [3.05, 3.63) is 47.5 Å². The first-order valence-corrected chi connectivity index (χ1v) is 13.0. The first-order chi connectivity index (χ1) is 16.3. The molecule has 0 bridgehead atoms. The molecule has 0 aromatic heterocycles. The first-order valence-electron chi connectivity index (χ1n) is 11.5. The summed E-state index contributed by atoms with van der Waals surface area (Å²) in [5.74, 6) is 1.67. The molecule has 8 nitrogen and oxygen atoms in total. The van der Waals surface area contributed by atoms with Gasteiger partial charge >= 0.3 is 0 Å². The fourth-order valence-electron chi connectivity index (χ4n) is 4.19. The fraction of sp³-hybridized carbons (Fsp3) is 0.480. The Balaban J connectivity index is 1.71. The van der Waals surface area contributed by atoms with Crippen LogP contribution in [0.5, 0.6) is 17.2 Å². The van der Waals surface area contributed by atoms with Gasteiger partial charge in [-0.15, -0.1) is 0 Å². The minimum absolute atomic E-state index is 0.128. The summed E-state index contributed by atoms with van der Waals surface area (Å²) >= 11 is 0. The molecule has 0 saturated carbocycles. The Labute approximate surface area is 202 Å². The number of hydrogen-bond donors (Lipinski definition) is 1. The van der Waals surface area contributed by atoms with Gasteiger partial charge in [-0.2, -0.15) is 4.31 Å². The molecule has 0 spiro atoms. The van der Waals surface area contributed by atoms with E-state index in [0.29, 0.717) is 48.7 Å². The number of nitrogens with one attached hydrogen (secondary N) is 1. The zero-order chi connectivity index (χ0) is 24.7. The molecular weight excluding hydrogens is 456 g/mol. The average Bonchev–Trinajstić information content (AvgIpc) is 3.41. The van der Waals surface area contributed by atoms with Gasteiger partial charge in [-0.1, -0.05) is 13.0 Å². The van der Waals surface area contributed by atoms with E-state index in [1.165, 1.54) is 11.4 Å². The van der Waals surface area contributed by atoms with Gasteiger partial charge in [-0.3, -0.25) is 4.79 Å². The van der Waals surface area contributed by atoms with Gasteiger partial charge in [0.1, 0.15) is 5.75 Å². The van der Waals surface area contributed by atoms with Gasteiger partial charge < -0.3 is 19.5 Å². The summed E-state index contributed by atoms with van der Waals surface area (Å²) in [7, 11) is 1.15. The highest BCUT2D eigenvalue weighted by Crippen LogP contribution is 2.31. The molecule has 1 aliphatic rings. The topological polar surface area (TPSA) is 94.2 Å². The number of aryl methyl sites for hydroxylation is 1. The van der Waals surface area contributed by atoms with Gasteiger partial charge in [0.2, 0.25) is 15.9 Å². The lowest BCUT2D eigenvalue weighted by atomic mass is 10.0. The molecule has 9 heteroatoms. The van der Waals surface area contributed by atoms with E-state index in [9.17, 15) is 13.2 Å². The minimum Gasteiger partial charge on any atom is -0.496 e. The lowest BCUT2D eigenvalue weighted by molar-refractivity contribution is -0.121. The van der Waals surface area contributed by atoms with Crippen molar-refractivity contribution in [3.63, 3.8) is 0 Å². The lowest BCUT2D eigenvalue weighted by Gasteiger charge is -2.20. The maximum absolute atomic E-state index is 13.0. The van der Waals surface area contributed by atoms with Crippen LogP contribution in [0, 0.1) is 0 Å². The average molecular weight is 491 g/mol. The molecule has 0 aliphatic carbocycles. The van der Waals surface area contributed by atoms with Crippen LogP contribution in [-0.2, 0) is 21.2 Å². The first kappa shape index (κ1) is 25.8. The van der Waals surface area contributed by atoms with Crippen LogP contribution in [0.15, 0.2) is 41.3 Å². The van der Waals surface area contributed by atoms with E-state index in [2.05, 4.69) is 5.32 Å². The zero-order valence-electron chi connectivity index (χ0n) is 20.3. The summed E-state index contributed by atoms with van der Waals surface area (Å²) in [6.07, 6.45) is 3.02. The van der Waals surface area contributed by atoms with Gasteiger partial charge in [0.05, 0.1) is 32.3 Å². The van der Waals surface area contributed by atoms with Crippen molar-refractivity contribution in [3.8, 4) is 17.2 Å². The van der Waals surface area contributed by atoms with Crippen molar-refractivity contribution in [2.45, 2.75) is 50.0 Å². The third kappa shape index (κ3) is 5.82. The van der Waals surface area contributed by atoms with E-state index >= 15 is 0 Å². The van der Waals surface area contributed by atoms with E-state index in [1.54, 1.807) is 32.4 Å². The van der Waals surface area contributed by atoms with Crippen LogP contribution < -0.4 is 19.5 Å². The summed E-state index contributed by atoms with van der Waals surface area (Å²) in [5, 5.41) is 3.07. The molecule has 2 aromatic rings. The Morgan fingerprint density at radius 1 is 0.971 bits per heavy atom. The third-order valence-corrected chi connectivity index (χ3v) is 8.02. The van der Waals surface area contributed by atoms with Crippen molar-refractivity contribution in [1.29, 1.82) is 0 Å². The smallest absolute Gasteiger partial charge is 0.243 e. The number of ether oxygens (including phenoxy) is 3. The maximum atomic E-state index is 13.0. The summed E-state index contributed by atoms with van der Waals surface area (Å²) in [4.78, 5) is 13.0. The molecule has 1 heterocycles. The normalized spacial score (nSPS) is 15.1. The van der Waals surface area contributed by atoms with Crippen molar-refractivity contribution in [2.75, 3.05) is 34.4 Å². The van der Waals surface area contributed by atoms with Crippen LogP contribution in [0.2, 0.25) is 0 Å². The second-order valence-electron chi connectivity index (χ2n) is 8.23. The molecule has 1 fully saturated rings. The number of benzene rings is 2. The Morgan fingerprint density at radius 3 is 2.24 bits per heavy atom. The standard InChI is InChI=1S/C25H34N2O6S/c1-5-21(18-8-11-23(32-3)24(17-18)33-4)26-25(28)13-9-19-16-20(10-12-22(19)31-2)34(29,30)27-14-6-7-15-27/h8,10-12,16-17,21H,5-7,9,13-15H2,1-4H3,(H,26,28)/t21-/m0/s1. The lowest BCUT2D eigenvalue weighted by Crippen LogP contribution is -2.28. The van der Waals surface area contributed by atoms with Crippen molar-refractivity contribution in [2.24, 2.45) is 0 Å². The van der Waals surface area contributed by atoms with E-state index in [0.717, 1.165) is 18.4 Å². The summed E-state index contributed by atoms with van der Waals surface area (Å²) in [6, 6.07) is 10.3. The monoisotopic (exact) mass is 490 g/mol. The SMILES string of the molecule is CC[C@H](NC(=O)CCc1cc(S(=O)(=O)N2CCCC2)ccc1OC)c1ccc(OC)c(OC)c1. The number of carbonyl (C=O) groups is 1. The van der Waals surface area contributed by atoms with E-state index in [1.807, 2.05) is 25.1 Å². The van der Waals surface area contributed by atoms with Crippen LogP contribution in [0.4, 0.5) is 0 Å². The largest absolute Gasteiger partial charge is 0.496 e. The van der Waals surface area contributed by atoms with Crippen LogP contribution in [-0.4, -0.2) is 53.0 Å².